The van der Waals surface area contributed by atoms with Gasteiger partial charge in [0.1, 0.15) is 17.3 Å². The van der Waals surface area contributed by atoms with Crippen LogP contribution >= 0.6 is 0 Å². The first-order chi connectivity index (χ1) is 11.1. The largest absolute Gasteiger partial charge is 0.354 e. The molecule has 0 N–H and O–H groups in total. The number of aryl methyl sites for hydroxylation is 1. The van der Waals surface area contributed by atoms with Crippen LogP contribution in [0.5, 0.6) is 0 Å². The molecule has 2 fully saturated rings. The third-order valence-corrected chi connectivity index (χ3v) is 4.76. The predicted octanol–water partition coefficient (Wildman–Crippen LogP) is 1.55. The number of anilines is 1. The van der Waals surface area contributed by atoms with E-state index < -0.39 is 0 Å². The van der Waals surface area contributed by atoms with Crippen molar-refractivity contribution < 1.29 is 4.79 Å². The minimum Gasteiger partial charge on any atom is -0.354 e. The summed E-state index contributed by atoms with van der Waals surface area (Å²) in [7, 11) is 2.14. The Bertz CT molecular complexity index is 546. The lowest BCUT2D eigenvalue weighted by molar-refractivity contribution is 0.0755. The Labute approximate surface area is 138 Å². The highest BCUT2D eigenvalue weighted by Crippen LogP contribution is 2.18. The van der Waals surface area contributed by atoms with Crippen molar-refractivity contribution in [1.29, 1.82) is 0 Å². The Morgan fingerprint density at radius 2 is 1.61 bits per heavy atom. The minimum atomic E-state index is 0.0628. The molecule has 23 heavy (non-hydrogen) atoms. The van der Waals surface area contributed by atoms with Crippen LogP contribution in [-0.2, 0) is 0 Å². The monoisotopic (exact) mass is 317 g/mol. The van der Waals surface area contributed by atoms with E-state index in [1.807, 2.05) is 17.9 Å². The first-order valence-electron chi connectivity index (χ1n) is 8.72. The van der Waals surface area contributed by atoms with Crippen LogP contribution < -0.4 is 4.90 Å². The van der Waals surface area contributed by atoms with Gasteiger partial charge < -0.3 is 14.7 Å². The van der Waals surface area contributed by atoms with E-state index in [4.69, 9.17) is 0 Å². The van der Waals surface area contributed by atoms with E-state index in [0.29, 0.717) is 11.5 Å². The summed E-state index contributed by atoms with van der Waals surface area (Å²) in [5, 5.41) is 0. The number of piperazine rings is 1. The highest BCUT2D eigenvalue weighted by atomic mass is 16.2. The number of aromatic nitrogens is 2. The molecule has 0 aliphatic carbocycles. The van der Waals surface area contributed by atoms with Crippen molar-refractivity contribution in [1.82, 2.24) is 19.8 Å². The third kappa shape index (κ3) is 3.99. The number of hydrogen-bond acceptors (Lipinski definition) is 5. The Balaban J connectivity index is 1.78. The van der Waals surface area contributed by atoms with Crippen LogP contribution in [0.25, 0.3) is 0 Å². The molecule has 6 heteroatoms. The third-order valence-electron chi connectivity index (χ3n) is 4.76. The molecule has 0 radical (unpaired) electrons. The Kier molecular flexibility index (Phi) is 5.10. The molecule has 6 nitrogen and oxygen atoms in total. The first-order valence-corrected chi connectivity index (χ1v) is 8.72. The fraction of sp³-hybridized carbons (Fsp3) is 0.706. The molecule has 0 saturated carbocycles. The molecule has 0 spiro atoms. The normalized spacial score (nSPS) is 20.4. The van der Waals surface area contributed by atoms with E-state index in [9.17, 15) is 4.79 Å². The molecule has 0 unspecified atom stereocenters. The van der Waals surface area contributed by atoms with Crippen molar-refractivity contribution in [2.24, 2.45) is 0 Å². The van der Waals surface area contributed by atoms with Crippen molar-refractivity contribution in [2.45, 2.75) is 32.6 Å². The number of carbonyl (C=O) groups is 1. The number of amides is 1. The van der Waals surface area contributed by atoms with Crippen LogP contribution in [0, 0.1) is 6.92 Å². The smallest absolute Gasteiger partial charge is 0.272 e. The predicted molar refractivity (Wildman–Crippen MR) is 90.9 cm³/mol. The summed E-state index contributed by atoms with van der Waals surface area (Å²) in [5.41, 5.74) is 0.549. The Morgan fingerprint density at radius 3 is 2.26 bits per heavy atom. The van der Waals surface area contributed by atoms with Gasteiger partial charge in [-0.15, -0.1) is 0 Å². The molecule has 2 aliphatic rings. The molecule has 126 valence electrons. The van der Waals surface area contributed by atoms with E-state index >= 15 is 0 Å². The second-order valence-electron chi connectivity index (χ2n) is 6.66. The summed E-state index contributed by atoms with van der Waals surface area (Å²) in [4.78, 5) is 28.3. The Morgan fingerprint density at radius 1 is 0.957 bits per heavy atom. The number of likely N-dealkylation sites (tertiary alicyclic amines) is 1. The lowest BCUT2D eigenvalue weighted by Gasteiger charge is -2.33. The van der Waals surface area contributed by atoms with Crippen LogP contribution in [-0.4, -0.2) is 72.0 Å². The first kappa shape index (κ1) is 16.2. The van der Waals surface area contributed by atoms with Gasteiger partial charge in [-0.2, -0.15) is 0 Å². The molecule has 0 atom stereocenters. The molecule has 1 amide bonds. The van der Waals surface area contributed by atoms with Crippen molar-refractivity contribution in [3.63, 3.8) is 0 Å². The molecular weight excluding hydrogens is 290 g/mol. The topological polar surface area (TPSA) is 52.6 Å². The second-order valence-corrected chi connectivity index (χ2v) is 6.66. The maximum Gasteiger partial charge on any atom is 0.272 e. The van der Waals surface area contributed by atoms with Gasteiger partial charge in [0.05, 0.1) is 0 Å². The van der Waals surface area contributed by atoms with Gasteiger partial charge >= 0.3 is 0 Å². The van der Waals surface area contributed by atoms with Crippen molar-refractivity contribution in [3.8, 4) is 0 Å². The zero-order chi connectivity index (χ0) is 16.2. The van der Waals surface area contributed by atoms with Gasteiger partial charge in [-0.1, -0.05) is 12.8 Å². The zero-order valence-electron chi connectivity index (χ0n) is 14.3. The van der Waals surface area contributed by atoms with Gasteiger partial charge in [0.2, 0.25) is 0 Å². The zero-order valence-corrected chi connectivity index (χ0v) is 14.3. The standard InChI is InChI=1S/C17H27N5O/c1-14-18-15(17(23)22-7-5-3-4-6-8-22)13-16(19-14)21-11-9-20(2)10-12-21/h13H,3-12H2,1-2H3. The highest BCUT2D eigenvalue weighted by Gasteiger charge is 2.22. The van der Waals surface area contributed by atoms with Crippen LogP contribution in [0.15, 0.2) is 6.07 Å². The molecular formula is C17H27N5O. The van der Waals surface area contributed by atoms with Crippen molar-refractivity contribution in [3.05, 3.63) is 17.6 Å². The maximum absolute atomic E-state index is 12.8. The lowest BCUT2D eigenvalue weighted by Crippen LogP contribution is -2.45. The van der Waals surface area contributed by atoms with Gasteiger partial charge in [-0.3, -0.25) is 4.79 Å². The van der Waals surface area contributed by atoms with Crippen molar-refractivity contribution >= 4 is 11.7 Å². The fourth-order valence-electron chi connectivity index (χ4n) is 3.29. The molecule has 2 aliphatic heterocycles. The quantitative estimate of drug-likeness (QED) is 0.828. The van der Waals surface area contributed by atoms with Crippen LogP contribution in [0.1, 0.15) is 42.0 Å². The number of nitrogens with zero attached hydrogens (tertiary/aromatic N) is 5. The average molecular weight is 317 g/mol. The molecule has 3 heterocycles. The maximum atomic E-state index is 12.8. The molecule has 1 aromatic heterocycles. The van der Waals surface area contributed by atoms with E-state index in [1.165, 1.54) is 12.8 Å². The minimum absolute atomic E-state index is 0.0628. The molecule has 0 aromatic carbocycles. The number of rotatable bonds is 2. The molecule has 1 aromatic rings. The lowest BCUT2D eigenvalue weighted by atomic mass is 10.2. The van der Waals surface area contributed by atoms with Gasteiger partial charge in [-0.05, 0) is 26.8 Å². The van der Waals surface area contributed by atoms with Gasteiger partial charge in [-0.25, -0.2) is 9.97 Å². The number of carbonyl (C=O) groups excluding carboxylic acids is 1. The number of likely N-dealkylation sites (N-methyl/N-ethyl adjacent to an activating group) is 1. The SMILES string of the molecule is Cc1nc(C(=O)N2CCCCCC2)cc(N2CCN(C)CC2)n1. The van der Waals surface area contributed by atoms with Gasteiger partial charge in [0.15, 0.2) is 0 Å². The van der Waals surface area contributed by atoms with Crippen LogP contribution in [0.3, 0.4) is 0 Å². The summed E-state index contributed by atoms with van der Waals surface area (Å²) in [6.07, 6.45) is 4.64. The van der Waals surface area contributed by atoms with Crippen LogP contribution in [0.2, 0.25) is 0 Å². The summed E-state index contributed by atoms with van der Waals surface area (Å²) in [6.45, 7) is 7.53. The van der Waals surface area contributed by atoms with E-state index in [2.05, 4.69) is 26.8 Å². The molecule has 2 saturated heterocycles. The highest BCUT2D eigenvalue weighted by molar-refractivity contribution is 5.93. The van der Waals surface area contributed by atoms with Gasteiger partial charge in [0.25, 0.3) is 5.91 Å². The van der Waals surface area contributed by atoms with Crippen LogP contribution in [0.4, 0.5) is 5.82 Å². The summed E-state index contributed by atoms with van der Waals surface area (Å²) in [5.74, 6) is 1.64. The Hall–Kier alpha value is -1.69. The summed E-state index contributed by atoms with van der Waals surface area (Å²) < 4.78 is 0. The van der Waals surface area contributed by atoms with E-state index in [0.717, 1.165) is 57.9 Å². The second kappa shape index (κ2) is 7.25. The van der Waals surface area contributed by atoms with E-state index in [-0.39, 0.29) is 5.91 Å². The molecule has 0 bridgehead atoms. The fourth-order valence-corrected chi connectivity index (χ4v) is 3.29. The summed E-state index contributed by atoms with van der Waals surface area (Å²) >= 11 is 0. The molecule has 3 rings (SSSR count). The summed E-state index contributed by atoms with van der Waals surface area (Å²) in [6, 6.07) is 1.88. The van der Waals surface area contributed by atoms with Gasteiger partial charge in [0, 0.05) is 45.3 Å². The number of hydrogen-bond donors (Lipinski definition) is 0. The van der Waals surface area contributed by atoms with Crippen molar-refractivity contribution in [2.75, 3.05) is 51.2 Å². The van der Waals surface area contributed by atoms with E-state index in [1.54, 1.807) is 0 Å². The average Bonchev–Trinajstić information content (AvgIpc) is 2.83.